The van der Waals surface area contributed by atoms with E-state index in [1.54, 1.807) is 12.3 Å². The van der Waals surface area contributed by atoms with Crippen LogP contribution in [0, 0.1) is 12.7 Å². The lowest BCUT2D eigenvalue weighted by molar-refractivity contribution is -0.00568. The molecule has 1 unspecified atom stereocenters. The lowest BCUT2D eigenvalue weighted by Gasteiger charge is -2.49. The number of piperazine rings is 1. The number of aromatic nitrogens is 1. The normalized spacial score (nSPS) is 19.8. The van der Waals surface area contributed by atoms with E-state index in [0.717, 1.165) is 23.5 Å². The molecule has 5 nitrogen and oxygen atoms in total. The molecule has 1 N–H and O–H groups in total. The molecule has 0 aliphatic carbocycles. The number of nitrogens with zero attached hydrogens (tertiary/aromatic N) is 3. The number of nitrogens with one attached hydrogen (secondary N) is 1. The van der Waals surface area contributed by atoms with Crippen LogP contribution < -0.4 is 5.32 Å². The number of amides is 1. The standard InChI is InChI=1S/C26H36BrFN4O/c1-15(2)23-24(16(3)9-10-29-23)30-22-12-20(27)21(28)11-19(22)25(33)31-13-18(5)32(14-17(31)4)26(6,7)8/h9-12,15,17-18,30H,13-14H2,1-8H3/t17?,18-/m1/s1. The lowest BCUT2D eigenvalue weighted by atomic mass is 9.97. The molecular formula is C26H36BrFN4O. The highest BCUT2D eigenvalue weighted by Crippen LogP contribution is 2.34. The summed E-state index contributed by atoms with van der Waals surface area (Å²) in [7, 11) is 0. The fourth-order valence-corrected chi connectivity index (χ4v) is 4.98. The third-order valence-corrected chi connectivity index (χ3v) is 7.00. The zero-order chi connectivity index (χ0) is 24.7. The highest BCUT2D eigenvalue weighted by atomic mass is 79.9. The number of hydrogen-bond acceptors (Lipinski definition) is 4. The van der Waals surface area contributed by atoms with Crippen LogP contribution in [0.4, 0.5) is 15.8 Å². The summed E-state index contributed by atoms with van der Waals surface area (Å²) in [5.41, 5.74) is 3.72. The van der Waals surface area contributed by atoms with Gasteiger partial charge in [-0.2, -0.15) is 0 Å². The SMILES string of the molecule is Cc1ccnc(C(C)C)c1Nc1cc(Br)c(F)cc1C(=O)N1C[C@@H](C)N(C(C)(C)C)CC1C. The van der Waals surface area contributed by atoms with E-state index < -0.39 is 5.82 Å². The second kappa shape index (κ2) is 9.71. The maximum absolute atomic E-state index is 14.6. The summed E-state index contributed by atoms with van der Waals surface area (Å²) >= 11 is 3.29. The van der Waals surface area contributed by atoms with Crippen LogP contribution in [-0.4, -0.2) is 51.4 Å². The van der Waals surface area contributed by atoms with Crippen molar-refractivity contribution >= 4 is 33.2 Å². The van der Waals surface area contributed by atoms with Gasteiger partial charge in [0.25, 0.3) is 5.91 Å². The number of hydrogen-bond donors (Lipinski definition) is 1. The van der Waals surface area contributed by atoms with Crippen molar-refractivity contribution in [1.29, 1.82) is 0 Å². The zero-order valence-electron chi connectivity index (χ0n) is 21.0. The molecule has 1 amide bonds. The van der Waals surface area contributed by atoms with Crippen LogP contribution in [0.1, 0.15) is 76.0 Å². The maximum atomic E-state index is 14.6. The number of rotatable bonds is 4. The van der Waals surface area contributed by atoms with Gasteiger partial charge in [0, 0.05) is 36.9 Å². The first-order valence-corrected chi connectivity index (χ1v) is 12.4. The van der Waals surface area contributed by atoms with E-state index in [1.807, 2.05) is 17.9 Å². The summed E-state index contributed by atoms with van der Waals surface area (Å²) in [6.45, 7) is 18.3. The van der Waals surface area contributed by atoms with Crippen molar-refractivity contribution in [2.75, 3.05) is 18.4 Å². The Kier molecular flexibility index (Phi) is 7.54. The van der Waals surface area contributed by atoms with Gasteiger partial charge < -0.3 is 10.2 Å². The lowest BCUT2D eigenvalue weighted by Crippen LogP contribution is -2.62. The largest absolute Gasteiger partial charge is 0.353 e. The molecule has 3 rings (SSSR count). The van der Waals surface area contributed by atoms with Crippen LogP contribution >= 0.6 is 15.9 Å². The summed E-state index contributed by atoms with van der Waals surface area (Å²) in [5, 5.41) is 3.42. The van der Waals surface area contributed by atoms with E-state index in [1.165, 1.54) is 6.07 Å². The number of pyridine rings is 1. The molecule has 1 fully saturated rings. The van der Waals surface area contributed by atoms with Gasteiger partial charge in [-0.15, -0.1) is 0 Å². The van der Waals surface area contributed by atoms with Gasteiger partial charge >= 0.3 is 0 Å². The molecule has 1 aromatic carbocycles. The molecule has 0 saturated carbocycles. The molecule has 2 atom stereocenters. The Morgan fingerprint density at radius 2 is 1.88 bits per heavy atom. The van der Waals surface area contributed by atoms with E-state index in [9.17, 15) is 9.18 Å². The molecule has 0 spiro atoms. The molecule has 2 aromatic rings. The van der Waals surface area contributed by atoms with Gasteiger partial charge in [-0.3, -0.25) is 14.7 Å². The highest BCUT2D eigenvalue weighted by Gasteiger charge is 2.37. The molecule has 180 valence electrons. The molecule has 2 heterocycles. The maximum Gasteiger partial charge on any atom is 0.256 e. The number of halogens is 2. The minimum atomic E-state index is -0.454. The summed E-state index contributed by atoms with van der Waals surface area (Å²) in [5.74, 6) is -0.420. The Balaban J connectivity index is 2.00. The number of carbonyl (C=O) groups is 1. The zero-order valence-corrected chi connectivity index (χ0v) is 22.5. The van der Waals surface area contributed by atoms with E-state index in [4.69, 9.17) is 0 Å². The molecule has 1 aromatic heterocycles. The van der Waals surface area contributed by atoms with Gasteiger partial charge in [0.15, 0.2) is 0 Å². The average Bonchev–Trinajstić information content (AvgIpc) is 2.71. The van der Waals surface area contributed by atoms with E-state index in [0.29, 0.717) is 22.3 Å². The Labute approximate surface area is 205 Å². The first kappa shape index (κ1) is 25.6. The van der Waals surface area contributed by atoms with Gasteiger partial charge in [-0.1, -0.05) is 13.8 Å². The Bertz CT molecular complexity index is 1030. The molecule has 7 heteroatoms. The number of benzene rings is 1. The predicted molar refractivity (Wildman–Crippen MR) is 137 cm³/mol. The van der Waals surface area contributed by atoms with Gasteiger partial charge in [0.2, 0.25) is 0 Å². The van der Waals surface area contributed by atoms with Crippen LogP contribution in [-0.2, 0) is 0 Å². The average molecular weight is 520 g/mol. The van der Waals surface area contributed by atoms with Crippen molar-refractivity contribution in [1.82, 2.24) is 14.8 Å². The van der Waals surface area contributed by atoms with Crippen LogP contribution in [0.3, 0.4) is 0 Å². The first-order chi connectivity index (χ1) is 15.3. The molecule has 0 bridgehead atoms. The molecule has 1 saturated heterocycles. The van der Waals surface area contributed by atoms with Crippen LogP contribution in [0.25, 0.3) is 0 Å². The second-order valence-electron chi connectivity index (χ2n) is 10.5. The summed E-state index contributed by atoms with van der Waals surface area (Å²) in [4.78, 5) is 22.6. The van der Waals surface area contributed by atoms with Crippen molar-refractivity contribution in [2.45, 2.75) is 78.9 Å². The second-order valence-corrected chi connectivity index (χ2v) is 11.3. The number of aryl methyl sites for hydroxylation is 1. The Morgan fingerprint density at radius 3 is 2.48 bits per heavy atom. The van der Waals surface area contributed by atoms with Crippen molar-refractivity contribution in [3.8, 4) is 0 Å². The molecule has 1 aliphatic heterocycles. The number of anilines is 2. The topological polar surface area (TPSA) is 48.5 Å². The van der Waals surface area contributed by atoms with Crippen molar-refractivity contribution in [3.63, 3.8) is 0 Å². The van der Waals surface area contributed by atoms with E-state index in [2.05, 4.69) is 79.6 Å². The summed E-state index contributed by atoms with van der Waals surface area (Å²) in [6.07, 6.45) is 1.79. The monoisotopic (exact) mass is 518 g/mol. The van der Waals surface area contributed by atoms with E-state index >= 15 is 0 Å². The highest BCUT2D eigenvalue weighted by molar-refractivity contribution is 9.10. The van der Waals surface area contributed by atoms with Crippen molar-refractivity contribution in [3.05, 3.63) is 51.5 Å². The summed E-state index contributed by atoms with van der Waals surface area (Å²) in [6, 6.07) is 5.14. The van der Waals surface area contributed by atoms with Crippen LogP contribution in [0.5, 0.6) is 0 Å². The Hall–Kier alpha value is -1.99. The third-order valence-electron chi connectivity index (χ3n) is 6.39. The molecule has 0 radical (unpaired) electrons. The summed E-state index contributed by atoms with van der Waals surface area (Å²) < 4.78 is 15.0. The smallest absolute Gasteiger partial charge is 0.256 e. The van der Waals surface area contributed by atoms with Gasteiger partial charge in [-0.05, 0) is 87.2 Å². The van der Waals surface area contributed by atoms with Crippen LogP contribution in [0.2, 0.25) is 0 Å². The molecule has 1 aliphatic rings. The predicted octanol–water partition coefficient (Wildman–Crippen LogP) is 6.49. The van der Waals surface area contributed by atoms with Crippen LogP contribution in [0.15, 0.2) is 28.9 Å². The molecule has 33 heavy (non-hydrogen) atoms. The fraction of sp³-hybridized carbons (Fsp3) is 0.538. The number of carbonyl (C=O) groups excluding carboxylic acids is 1. The van der Waals surface area contributed by atoms with Gasteiger partial charge in [0.1, 0.15) is 5.82 Å². The van der Waals surface area contributed by atoms with Crippen molar-refractivity contribution < 1.29 is 9.18 Å². The third kappa shape index (κ3) is 5.40. The van der Waals surface area contributed by atoms with Gasteiger partial charge in [-0.25, -0.2) is 4.39 Å². The fourth-order valence-electron chi connectivity index (χ4n) is 4.64. The minimum absolute atomic E-state index is 0.0128. The quantitative estimate of drug-likeness (QED) is 0.502. The minimum Gasteiger partial charge on any atom is -0.353 e. The van der Waals surface area contributed by atoms with E-state index in [-0.39, 0.29) is 29.4 Å². The molecular weight excluding hydrogens is 483 g/mol. The Morgan fingerprint density at radius 1 is 1.21 bits per heavy atom. The van der Waals surface area contributed by atoms with Gasteiger partial charge in [0.05, 0.1) is 27.1 Å². The van der Waals surface area contributed by atoms with Crippen molar-refractivity contribution in [2.24, 2.45) is 0 Å². The first-order valence-electron chi connectivity index (χ1n) is 11.6.